The minimum atomic E-state index is 0.0276. The molecule has 2 bridgehead atoms. The first kappa shape index (κ1) is 12.2. The van der Waals surface area contributed by atoms with Crippen LogP contribution in [0.5, 0.6) is 0 Å². The lowest BCUT2D eigenvalue weighted by molar-refractivity contribution is -0.119. The van der Waals surface area contributed by atoms with E-state index in [-0.39, 0.29) is 11.2 Å². The number of nitrogens with zero attached hydrogens (tertiary/aromatic N) is 1. The monoisotopic (exact) mass is 280 g/mol. The van der Waals surface area contributed by atoms with Crippen LogP contribution in [0.4, 0.5) is 0 Å². The second-order valence-electron chi connectivity index (χ2n) is 6.33. The van der Waals surface area contributed by atoms with E-state index < -0.39 is 0 Å². The lowest BCUT2D eigenvalue weighted by Gasteiger charge is -2.17. The fourth-order valence-corrected chi connectivity index (χ4v) is 5.23. The number of carbonyl (C=O) groups excluding carboxylic acids is 1. The van der Waals surface area contributed by atoms with Crippen LogP contribution in [0.3, 0.4) is 0 Å². The van der Waals surface area contributed by atoms with Crippen LogP contribution in [0.2, 0.25) is 0 Å². The molecule has 5 heteroatoms. The van der Waals surface area contributed by atoms with Crippen LogP contribution >= 0.6 is 11.8 Å². The number of hydrogen-bond donors (Lipinski definition) is 1. The molecule has 1 N–H and O–H groups in total. The Morgan fingerprint density at radius 3 is 2.84 bits per heavy atom. The van der Waals surface area contributed by atoms with Crippen molar-refractivity contribution >= 4 is 22.8 Å². The Kier molecular flexibility index (Phi) is 3.07. The van der Waals surface area contributed by atoms with Crippen molar-refractivity contribution in [3.8, 4) is 0 Å². The number of amides is 1. The number of nitrogens with one attached hydrogen (secondary N) is 1. The van der Waals surface area contributed by atoms with Crippen LogP contribution in [0.25, 0.3) is 0 Å². The van der Waals surface area contributed by atoms with Crippen molar-refractivity contribution in [2.24, 2.45) is 22.7 Å². The van der Waals surface area contributed by atoms with E-state index in [9.17, 15) is 4.79 Å². The first-order chi connectivity index (χ1) is 9.29. The summed E-state index contributed by atoms with van der Waals surface area (Å²) in [5, 5.41) is 3.89. The molecule has 2 saturated heterocycles. The smallest absolute Gasteiger partial charge is 0.239 e. The van der Waals surface area contributed by atoms with Gasteiger partial charge in [-0.1, -0.05) is 18.2 Å². The number of fused-ring (bicyclic) bond motifs is 2. The molecule has 0 aromatic carbocycles. The molecule has 2 heterocycles. The van der Waals surface area contributed by atoms with Crippen molar-refractivity contribution in [2.75, 3.05) is 13.2 Å². The fourth-order valence-electron chi connectivity index (χ4n) is 4.06. The Morgan fingerprint density at radius 1 is 1.21 bits per heavy atom. The van der Waals surface area contributed by atoms with Crippen LogP contribution < -0.4 is 5.32 Å². The Bertz CT molecular complexity index is 420. The third-order valence-corrected chi connectivity index (χ3v) is 6.39. The van der Waals surface area contributed by atoms with Gasteiger partial charge in [0, 0.05) is 12.5 Å². The highest BCUT2D eigenvalue weighted by Crippen LogP contribution is 2.46. The molecule has 5 atom stereocenters. The van der Waals surface area contributed by atoms with Gasteiger partial charge < -0.3 is 10.1 Å². The maximum absolute atomic E-state index is 12.0. The third kappa shape index (κ3) is 2.21. The Morgan fingerprint density at radius 2 is 2.16 bits per heavy atom. The number of ether oxygens (including phenoxy) is 1. The third-order valence-electron chi connectivity index (χ3n) is 5.10. The molecule has 4 rings (SSSR count). The molecular weight excluding hydrogens is 260 g/mol. The predicted molar refractivity (Wildman–Crippen MR) is 75.1 cm³/mol. The number of thioether (sulfide) groups is 1. The molecule has 4 aliphatic rings. The van der Waals surface area contributed by atoms with Gasteiger partial charge in [-0.15, -0.1) is 0 Å². The van der Waals surface area contributed by atoms with Gasteiger partial charge in [-0.25, -0.2) is 0 Å². The molecule has 19 heavy (non-hydrogen) atoms. The molecule has 2 aliphatic heterocycles. The zero-order valence-corrected chi connectivity index (χ0v) is 11.8. The number of hydrogen-bond acceptors (Lipinski definition) is 4. The van der Waals surface area contributed by atoms with E-state index >= 15 is 0 Å². The second kappa shape index (κ2) is 4.77. The van der Waals surface area contributed by atoms with Crippen LogP contribution in [-0.4, -0.2) is 35.6 Å². The lowest BCUT2D eigenvalue weighted by atomic mass is 9.96. The quantitative estimate of drug-likeness (QED) is 0.839. The molecule has 0 radical (unpaired) electrons. The van der Waals surface area contributed by atoms with Crippen molar-refractivity contribution in [1.29, 1.82) is 0 Å². The van der Waals surface area contributed by atoms with Crippen molar-refractivity contribution in [3.05, 3.63) is 0 Å². The van der Waals surface area contributed by atoms with E-state index in [0.29, 0.717) is 12.0 Å². The van der Waals surface area contributed by atoms with Crippen molar-refractivity contribution in [2.45, 2.75) is 43.4 Å². The average molecular weight is 280 g/mol. The van der Waals surface area contributed by atoms with Crippen molar-refractivity contribution < 1.29 is 9.53 Å². The van der Waals surface area contributed by atoms with Gasteiger partial charge in [-0.3, -0.25) is 9.79 Å². The second-order valence-corrected chi connectivity index (χ2v) is 7.46. The van der Waals surface area contributed by atoms with E-state index in [4.69, 9.17) is 9.73 Å². The molecule has 0 aromatic rings. The van der Waals surface area contributed by atoms with E-state index in [1.807, 2.05) is 0 Å². The van der Waals surface area contributed by atoms with Crippen molar-refractivity contribution in [3.63, 3.8) is 0 Å². The lowest BCUT2D eigenvalue weighted by Crippen LogP contribution is -2.30. The topological polar surface area (TPSA) is 50.7 Å². The van der Waals surface area contributed by atoms with Crippen molar-refractivity contribution in [1.82, 2.24) is 5.32 Å². The van der Waals surface area contributed by atoms with Gasteiger partial charge in [0.2, 0.25) is 5.91 Å². The fraction of sp³-hybridized carbons (Fsp3) is 0.857. The normalized spacial score (nSPS) is 47.3. The SMILES string of the molecule is O=C1NC(=N[C@H]2C[C@@H]3CC[C@H]2C3)SC1[C@@H]1CCOC1. The molecule has 0 aromatic heterocycles. The maximum Gasteiger partial charge on any atom is 0.239 e. The van der Waals surface area contributed by atoms with E-state index in [2.05, 4.69) is 5.32 Å². The zero-order valence-electron chi connectivity index (χ0n) is 11.0. The molecule has 4 nitrogen and oxygen atoms in total. The molecule has 1 amide bonds. The molecule has 2 aliphatic carbocycles. The Labute approximate surface area is 117 Å². The molecular formula is C14H20N2O2S. The Balaban J connectivity index is 1.44. The van der Waals surface area contributed by atoms with Gasteiger partial charge >= 0.3 is 0 Å². The summed E-state index contributed by atoms with van der Waals surface area (Å²) in [6.45, 7) is 1.53. The van der Waals surface area contributed by atoms with Crippen LogP contribution in [0, 0.1) is 17.8 Å². The summed E-state index contributed by atoms with van der Waals surface area (Å²) >= 11 is 1.64. The first-order valence-electron chi connectivity index (χ1n) is 7.42. The summed E-state index contributed by atoms with van der Waals surface area (Å²) in [7, 11) is 0. The first-order valence-corrected chi connectivity index (χ1v) is 8.30. The largest absolute Gasteiger partial charge is 0.381 e. The zero-order chi connectivity index (χ0) is 12.8. The molecule has 104 valence electrons. The number of aliphatic imine (C=N–C) groups is 1. The van der Waals surface area contributed by atoms with Gasteiger partial charge in [0.15, 0.2) is 5.17 Å². The van der Waals surface area contributed by atoms with Gasteiger partial charge in [0.05, 0.1) is 17.9 Å². The van der Waals surface area contributed by atoms with E-state index in [0.717, 1.165) is 36.6 Å². The highest BCUT2D eigenvalue weighted by Gasteiger charge is 2.42. The summed E-state index contributed by atoms with van der Waals surface area (Å²) in [6.07, 6.45) is 6.34. The minimum Gasteiger partial charge on any atom is -0.381 e. The summed E-state index contributed by atoms with van der Waals surface area (Å²) in [5.41, 5.74) is 0. The molecule has 2 saturated carbocycles. The van der Waals surface area contributed by atoms with Gasteiger partial charge in [-0.2, -0.15) is 0 Å². The highest BCUT2D eigenvalue weighted by atomic mass is 32.2. The van der Waals surface area contributed by atoms with Crippen LogP contribution in [0.15, 0.2) is 4.99 Å². The highest BCUT2D eigenvalue weighted by molar-refractivity contribution is 8.15. The summed E-state index contributed by atoms with van der Waals surface area (Å²) < 4.78 is 5.39. The number of carbonyl (C=O) groups is 1. The van der Waals surface area contributed by atoms with E-state index in [1.54, 1.807) is 11.8 Å². The van der Waals surface area contributed by atoms with E-state index in [1.165, 1.54) is 25.7 Å². The van der Waals surface area contributed by atoms with Gasteiger partial charge in [0.25, 0.3) is 0 Å². The summed E-state index contributed by atoms with van der Waals surface area (Å²) in [4.78, 5) is 16.9. The molecule has 0 spiro atoms. The average Bonchev–Trinajstić information content (AvgIpc) is 3.12. The van der Waals surface area contributed by atoms with Gasteiger partial charge in [-0.05, 0) is 37.5 Å². The molecule has 1 unspecified atom stereocenters. The van der Waals surface area contributed by atoms with Crippen LogP contribution in [0.1, 0.15) is 32.1 Å². The molecule has 4 fully saturated rings. The standard InChI is InChI=1S/C14H20N2O2S/c17-13-12(10-3-4-18-7-10)19-14(16-13)15-11-6-8-1-2-9(11)5-8/h8-12H,1-7H2,(H,15,16,17)/t8-,9+,10-,11+,12?/m1/s1. The number of amidine groups is 1. The minimum absolute atomic E-state index is 0.0276. The van der Waals surface area contributed by atoms with Gasteiger partial charge in [0.1, 0.15) is 0 Å². The predicted octanol–water partition coefficient (Wildman–Crippen LogP) is 1.80. The number of rotatable bonds is 2. The maximum atomic E-state index is 12.0. The summed E-state index contributed by atoms with van der Waals surface area (Å²) in [6, 6.07) is 0.472. The summed E-state index contributed by atoms with van der Waals surface area (Å²) in [5.74, 6) is 2.20. The Hall–Kier alpha value is -0.550. The van der Waals surface area contributed by atoms with Crippen LogP contribution in [-0.2, 0) is 9.53 Å².